The molecule has 0 unspecified atom stereocenters. The fourth-order valence-corrected chi connectivity index (χ4v) is 5.04. The van der Waals surface area contributed by atoms with Crippen LogP contribution in [0.3, 0.4) is 0 Å². The first-order valence-electron chi connectivity index (χ1n) is 9.18. The van der Waals surface area contributed by atoms with Crippen molar-refractivity contribution in [1.82, 2.24) is 5.32 Å². The third-order valence-corrected chi connectivity index (χ3v) is 6.96. The average molecular weight is 427 g/mol. The van der Waals surface area contributed by atoms with Crippen molar-refractivity contribution in [2.75, 3.05) is 10.8 Å². The van der Waals surface area contributed by atoms with E-state index in [0.717, 1.165) is 11.1 Å². The van der Waals surface area contributed by atoms with Gasteiger partial charge in [0.15, 0.2) is 0 Å². The third kappa shape index (κ3) is 3.99. The Hall–Kier alpha value is -2.83. The van der Waals surface area contributed by atoms with Crippen molar-refractivity contribution in [3.05, 3.63) is 94.5 Å². The number of nitrogens with one attached hydrogen (secondary N) is 1. The van der Waals surface area contributed by atoms with E-state index in [9.17, 15) is 13.2 Å². The highest BCUT2D eigenvalue weighted by Crippen LogP contribution is 2.32. The number of hydrogen-bond donors (Lipinski definition) is 1. The number of fused-ring (bicyclic) bond motifs is 1. The number of carbonyl (C=O) groups is 1. The number of amides is 1. The lowest BCUT2D eigenvalue weighted by atomic mass is 10.2. The summed E-state index contributed by atoms with van der Waals surface area (Å²) in [6.07, 6.45) is 0.677. The molecule has 0 radical (unpaired) electrons. The molecule has 0 aliphatic carbocycles. The molecule has 0 atom stereocenters. The molecule has 3 aromatic carbocycles. The molecule has 0 saturated heterocycles. The zero-order valence-electron chi connectivity index (χ0n) is 15.5. The van der Waals surface area contributed by atoms with Crippen LogP contribution in [-0.4, -0.2) is 20.9 Å². The maximum atomic E-state index is 13.2. The molecule has 29 heavy (non-hydrogen) atoms. The summed E-state index contributed by atoms with van der Waals surface area (Å²) in [6.45, 7) is 0.723. The van der Waals surface area contributed by atoms with Gasteiger partial charge in [-0.25, -0.2) is 8.42 Å². The van der Waals surface area contributed by atoms with E-state index in [1.165, 1.54) is 16.4 Å². The lowest BCUT2D eigenvalue weighted by Gasteiger charge is -2.20. The Balaban J connectivity index is 1.54. The minimum atomic E-state index is -3.74. The van der Waals surface area contributed by atoms with E-state index in [2.05, 4.69) is 5.32 Å². The van der Waals surface area contributed by atoms with Crippen LogP contribution < -0.4 is 9.62 Å². The summed E-state index contributed by atoms with van der Waals surface area (Å²) < 4.78 is 27.7. The number of anilines is 1. The van der Waals surface area contributed by atoms with Gasteiger partial charge in [-0.15, -0.1) is 0 Å². The Bertz CT molecular complexity index is 1160. The van der Waals surface area contributed by atoms with E-state index in [1.54, 1.807) is 24.3 Å². The van der Waals surface area contributed by atoms with Gasteiger partial charge in [0.05, 0.1) is 10.6 Å². The second-order valence-electron chi connectivity index (χ2n) is 6.79. The molecule has 1 amide bonds. The first-order valence-corrected chi connectivity index (χ1v) is 11.0. The van der Waals surface area contributed by atoms with Gasteiger partial charge < -0.3 is 5.32 Å². The van der Waals surface area contributed by atoms with Crippen LogP contribution >= 0.6 is 11.6 Å². The number of hydrogen-bond acceptors (Lipinski definition) is 3. The number of carbonyl (C=O) groups excluding carboxylic acids is 1. The van der Waals surface area contributed by atoms with Gasteiger partial charge in [-0.05, 0) is 53.9 Å². The summed E-state index contributed by atoms with van der Waals surface area (Å²) in [6, 6.07) is 20.8. The Morgan fingerprint density at radius 3 is 2.55 bits per heavy atom. The van der Waals surface area contributed by atoms with Gasteiger partial charge in [0.25, 0.3) is 15.9 Å². The van der Waals surface area contributed by atoms with Crippen LogP contribution in [0.15, 0.2) is 77.7 Å². The molecule has 5 nitrogen and oxygen atoms in total. The van der Waals surface area contributed by atoms with Crippen LogP contribution in [0.1, 0.15) is 21.5 Å². The highest BCUT2D eigenvalue weighted by molar-refractivity contribution is 7.92. The first kappa shape index (κ1) is 19.5. The molecule has 4 rings (SSSR count). The van der Waals surface area contributed by atoms with E-state index >= 15 is 0 Å². The minimum absolute atomic E-state index is 0.105. The third-order valence-electron chi connectivity index (χ3n) is 4.90. The SMILES string of the molecule is O=C(NCc1ccc(Cl)cc1)c1cccc(S(=O)(=O)N2CCc3ccccc32)c1. The molecule has 0 fully saturated rings. The number of nitrogens with zero attached hydrogens (tertiary/aromatic N) is 1. The molecule has 1 aliphatic rings. The Morgan fingerprint density at radius 1 is 1.00 bits per heavy atom. The van der Waals surface area contributed by atoms with Crippen molar-refractivity contribution in [3.8, 4) is 0 Å². The molecule has 3 aromatic rings. The number of benzene rings is 3. The second-order valence-corrected chi connectivity index (χ2v) is 9.09. The fraction of sp³-hybridized carbons (Fsp3) is 0.136. The monoisotopic (exact) mass is 426 g/mol. The van der Waals surface area contributed by atoms with Gasteiger partial charge >= 0.3 is 0 Å². The van der Waals surface area contributed by atoms with E-state index in [0.29, 0.717) is 35.8 Å². The minimum Gasteiger partial charge on any atom is -0.348 e. The summed E-state index contributed by atoms with van der Waals surface area (Å²) in [5.74, 6) is -0.334. The largest absolute Gasteiger partial charge is 0.348 e. The smallest absolute Gasteiger partial charge is 0.264 e. The van der Waals surface area contributed by atoms with Crippen molar-refractivity contribution in [2.45, 2.75) is 17.9 Å². The van der Waals surface area contributed by atoms with Crippen LogP contribution in [-0.2, 0) is 23.0 Å². The Labute approximate surface area is 175 Å². The topological polar surface area (TPSA) is 66.5 Å². The van der Waals surface area contributed by atoms with Crippen molar-refractivity contribution >= 4 is 33.2 Å². The molecular weight excluding hydrogens is 408 g/mol. The maximum absolute atomic E-state index is 13.2. The van der Waals surface area contributed by atoms with Gasteiger partial charge in [0, 0.05) is 23.7 Å². The lowest BCUT2D eigenvalue weighted by molar-refractivity contribution is 0.0950. The van der Waals surface area contributed by atoms with Crippen molar-refractivity contribution in [1.29, 1.82) is 0 Å². The quantitative estimate of drug-likeness (QED) is 0.670. The highest BCUT2D eigenvalue weighted by atomic mass is 35.5. The molecule has 0 bridgehead atoms. The molecule has 0 spiro atoms. The van der Waals surface area contributed by atoms with Gasteiger partial charge in [-0.1, -0.05) is 48.0 Å². The van der Waals surface area contributed by atoms with E-state index in [4.69, 9.17) is 11.6 Å². The molecule has 0 saturated carbocycles. The highest BCUT2D eigenvalue weighted by Gasteiger charge is 2.30. The van der Waals surface area contributed by atoms with E-state index < -0.39 is 10.0 Å². The Kier molecular flexibility index (Phi) is 5.30. The van der Waals surface area contributed by atoms with Crippen LogP contribution in [0.25, 0.3) is 0 Å². The summed E-state index contributed by atoms with van der Waals surface area (Å²) in [4.78, 5) is 12.6. The molecular formula is C22H19ClN2O3S. The summed E-state index contributed by atoms with van der Waals surface area (Å²) in [7, 11) is -3.74. The number of halogens is 1. The molecule has 1 aliphatic heterocycles. The summed E-state index contributed by atoms with van der Waals surface area (Å²) in [5, 5.41) is 3.43. The van der Waals surface area contributed by atoms with Gasteiger partial charge in [-0.3, -0.25) is 9.10 Å². The molecule has 1 N–H and O–H groups in total. The predicted molar refractivity (Wildman–Crippen MR) is 114 cm³/mol. The van der Waals surface area contributed by atoms with Gasteiger partial charge in [-0.2, -0.15) is 0 Å². The van der Waals surface area contributed by atoms with Crippen molar-refractivity contribution < 1.29 is 13.2 Å². The molecule has 0 aromatic heterocycles. The predicted octanol–water partition coefficient (Wildman–Crippen LogP) is 4.02. The standard InChI is InChI=1S/C22H19ClN2O3S/c23-19-10-8-16(9-11-19)15-24-22(26)18-5-3-6-20(14-18)29(27,28)25-13-12-17-4-1-2-7-21(17)25/h1-11,14H,12-13,15H2,(H,24,26). The van der Waals surface area contributed by atoms with Crippen LogP contribution in [0.4, 0.5) is 5.69 Å². The van der Waals surface area contributed by atoms with Crippen LogP contribution in [0, 0.1) is 0 Å². The average Bonchev–Trinajstić information content (AvgIpc) is 3.18. The first-order chi connectivity index (χ1) is 13.9. The Morgan fingerprint density at radius 2 is 1.76 bits per heavy atom. The molecule has 1 heterocycles. The molecule has 148 valence electrons. The normalized spacial score (nSPS) is 13.2. The number of rotatable bonds is 5. The number of para-hydroxylation sites is 1. The number of sulfonamides is 1. The molecule has 7 heteroatoms. The van der Waals surface area contributed by atoms with E-state index in [1.807, 2.05) is 36.4 Å². The zero-order valence-corrected chi connectivity index (χ0v) is 17.1. The second kappa shape index (κ2) is 7.89. The lowest BCUT2D eigenvalue weighted by Crippen LogP contribution is -2.29. The fourth-order valence-electron chi connectivity index (χ4n) is 3.37. The van der Waals surface area contributed by atoms with Crippen molar-refractivity contribution in [3.63, 3.8) is 0 Å². The van der Waals surface area contributed by atoms with Crippen molar-refractivity contribution in [2.24, 2.45) is 0 Å². The zero-order chi connectivity index (χ0) is 20.4. The summed E-state index contributed by atoms with van der Waals surface area (Å²) in [5.41, 5.74) is 2.91. The van der Waals surface area contributed by atoms with Gasteiger partial charge in [0.2, 0.25) is 0 Å². The van der Waals surface area contributed by atoms with E-state index in [-0.39, 0.29) is 10.8 Å². The van der Waals surface area contributed by atoms with Crippen LogP contribution in [0.2, 0.25) is 5.02 Å². The van der Waals surface area contributed by atoms with Crippen LogP contribution in [0.5, 0.6) is 0 Å². The maximum Gasteiger partial charge on any atom is 0.264 e. The van der Waals surface area contributed by atoms with Gasteiger partial charge in [0.1, 0.15) is 0 Å². The summed E-state index contributed by atoms with van der Waals surface area (Å²) >= 11 is 5.87.